The summed E-state index contributed by atoms with van der Waals surface area (Å²) in [5.41, 5.74) is 4.13. The Morgan fingerprint density at radius 1 is 1.42 bits per heavy atom. The Kier molecular flexibility index (Phi) is 3.90. The van der Waals surface area contributed by atoms with Gasteiger partial charge in [0.05, 0.1) is 6.61 Å². The lowest BCUT2D eigenvalue weighted by Crippen LogP contribution is -2.29. The first-order valence-corrected chi connectivity index (χ1v) is 8.22. The van der Waals surface area contributed by atoms with Crippen molar-refractivity contribution < 1.29 is 9.39 Å². The van der Waals surface area contributed by atoms with Gasteiger partial charge in [-0.2, -0.15) is 0 Å². The monoisotopic (exact) mass is 274 g/mol. The average Bonchev–Trinajstić information content (AvgIpc) is 2.74. The molecular formula is C15H19BO2S. The SMILES string of the molecule is CC/C=C(\SC)c1ccc2c3c1CCB3OCCO2. The van der Waals surface area contributed by atoms with E-state index in [2.05, 4.69) is 31.4 Å². The highest BCUT2D eigenvalue weighted by molar-refractivity contribution is 8.07. The van der Waals surface area contributed by atoms with Crippen molar-refractivity contribution in [3.8, 4) is 5.75 Å². The third-order valence-corrected chi connectivity index (χ3v) is 4.66. The van der Waals surface area contributed by atoms with E-state index in [1.54, 1.807) is 0 Å². The lowest BCUT2D eigenvalue weighted by molar-refractivity contribution is 0.230. The van der Waals surface area contributed by atoms with E-state index in [1.165, 1.54) is 21.5 Å². The lowest BCUT2D eigenvalue weighted by atomic mass is 9.62. The van der Waals surface area contributed by atoms with Crippen LogP contribution in [0.2, 0.25) is 6.32 Å². The highest BCUT2D eigenvalue weighted by Crippen LogP contribution is 2.34. The van der Waals surface area contributed by atoms with Crippen molar-refractivity contribution >= 4 is 29.0 Å². The van der Waals surface area contributed by atoms with Crippen LogP contribution in [0.3, 0.4) is 0 Å². The fraction of sp³-hybridized carbons (Fsp3) is 0.467. The zero-order chi connectivity index (χ0) is 13.2. The van der Waals surface area contributed by atoms with Crippen molar-refractivity contribution in [2.45, 2.75) is 26.1 Å². The second kappa shape index (κ2) is 5.64. The molecule has 2 nitrogen and oxygen atoms in total. The van der Waals surface area contributed by atoms with Crippen molar-refractivity contribution in [3.63, 3.8) is 0 Å². The van der Waals surface area contributed by atoms with E-state index in [4.69, 9.17) is 9.39 Å². The average molecular weight is 274 g/mol. The highest BCUT2D eigenvalue weighted by atomic mass is 32.2. The number of thioether (sulfide) groups is 1. The molecule has 0 amide bonds. The Balaban J connectivity index is 2.10. The predicted octanol–water partition coefficient (Wildman–Crippen LogP) is 2.96. The van der Waals surface area contributed by atoms with Gasteiger partial charge in [-0.15, -0.1) is 11.8 Å². The molecular weight excluding hydrogens is 255 g/mol. The summed E-state index contributed by atoms with van der Waals surface area (Å²) in [5, 5.41) is 0. The minimum Gasteiger partial charge on any atom is -0.492 e. The number of hydrogen-bond acceptors (Lipinski definition) is 3. The van der Waals surface area contributed by atoms with Crippen LogP contribution in [0.15, 0.2) is 18.2 Å². The van der Waals surface area contributed by atoms with Crippen LogP contribution in [0.1, 0.15) is 24.5 Å². The van der Waals surface area contributed by atoms with Crippen LogP contribution in [0.25, 0.3) is 4.91 Å². The highest BCUT2D eigenvalue weighted by Gasteiger charge is 2.35. The summed E-state index contributed by atoms with van der Waals surface area (Å²) in [5.74, 6) is 1.04. The summed E-state index contributed by atoms with van der Waals surface area (Å²) in [6.07, 6.45) is 7.74. The maximum atomic E-state index is 5.91. The maximum Gasteiger partial charge on any atom is 0.331 e. The molecule has 1 aromatic rings. The zero-order valence-corrected chi connectivity index (χ0v) is 12.4. The fourth-order valence-electron chi connectivity index (χ4n) is 3.04. The first-order valence-electron chi connectivity index (χ1n) is 6.99. The van der Waals surface area contributed by atoms with Gasteiger partial charge in [-0.25, -0.2) is 0 Å². The maximum absolute atomic E-state index is 5.91. The van der Waals surface area contributed by atoms with Gasteiger partial charge in [0.25, 0.3) is 0 Å². The fourth-order valence-corrected chi connectivity index (χ4v) is 3.78. The van der Waals surface area contributed by atoms with Gasteiger partial charge in [0.2, 0.25) is 0 Å². The molecule has 0 radical (unpaired) electrons. The van der Waals surface area contributed by atoms with Gasteiger partial charge >= 0.3 is 6.92 Å². The van der Waals surface area contributed by atoms with Gasteiger partial charge in [-0.1, -0.05) is 13.0 Å². The van der Waals surface area contributed by atoms with E-state index in [9.17, 15) is 0 Å². The molecule has 0 aliphatic carbocycles. The Bertz CT molecular complexity index is 513. The van der Waals surface area contributed by atoms with Crippen molar-refractivity contribution in [1.29, 1.82) is 0 Å². The molecule has 100 valence electrons. The standard InChI is InChI=1S/C15H19BO2S/c1-3-4-14(19-2)11-5-6-13-15-12(11)7-8-16(15)18-10-9-17-13/h4-6H,3,7-10H2,1-2H3/b14-4-. The second-order valence-electron chi connectivity index (χ2n) is 4.93. The molecule has 0 aromatic heterocycles. The Morgan fingerprint density at radius 2 is 2.32 bits per heavy atom. The predicted molar refractivity (Wildman–Crippen MR) is 83.6 cm³/mol. The first-order chi connectivity index (χ1) is 9.35. The molecule has 0 N–H and O–H groups in total. The quantitative estimate of drug-likeness (QED) is 0.789. The number of hydrogen-bond donors (Lipinski definition) is 0. The number of rotatable bonds is 3. The summed E-state index contributed by atoms with van der Waals surface area (Å²) in [6.45, 7) is 3.81. The second-order valence-corrected chi connectivity index (χ2v) is 5.78. The summed E-state index contributed by atoms with van der Waals surface area (Å²) in [4.78, 5) is 1.38. The number of allylic oxidation sites excluding steroid dienone is 1. The molecule has 0 atom stereocenters. The van der Waals surface area contributed by atoms with E-state index in [0.717, 1.165) is 24.9 Å². The van der Waals surface area contributed by atoms with E-state index < -0.39 is 0 Å². The van der Waals surface area contributed by atoms with Crippen molar-refractivity contribution in [1.82, 2.24) is 0 Å². The third-order valence-electron chi connectivity index (χ3n) is 3.83. The number of benzene rings is 1. The van der Waals surface area contributed by atoms with Crippen molar-refractivity contribution in [3.05, 3.63) is 29.3 Å². The van der Waals surface area contributed by atoms with Crippen LogP contribution in [0.5, 0.6) is 5.75 Å². The van der Waals surface area contributed by atoms with Crippen molar-refractivity contribution in [2.24, 2.45) is 0 Å². The summed E-state index contributed by atoms with van der Waals surface area (Å²) >= 11 is 1.83. The largest absolute Gasteiger partial charge is 0.492 e. The Morgan fingerprint density at radius 3 is 3.11 bits per heavy atom. The Hall–Kier alpha value is -0.865. The van der Waals surface area contributed by atoms with Crippen LogP contribution in [-0.4, -0.2) is 26.4 Å². The topological polar surface area (TPSA) is 18.5 Å². The molecule has 0 bridgehead atoms. The number of ether oxygens (including phenoxy) is 1. The molecule has 1 aromatic carbocycles. The molecule has 2 aliphatic rings. The third kappa shape index (κ3) is 2.32. The van der Waals surface area contributed by atoms with Gasteiger partial charge in [0.15, 0.2) is 0 Å². The molecule has 3 rings (SSSR count). The molecule has 4 heteroatoms. The summed E-state index contributed by atoms with van der Waals surface area (Å²) in [6, 6.07) is 4.35. The normalized spacial score (nSPS) is 18.0. The first kappa shape index (κ1) is 13.1. The molecule has 2 heterocycles. The van der Waals surface area contributed by atoms with E-state index in [-0.39, 0.29) is 6.92 Å². The molecule has 0 fully saturated rings. The van der Waals surface area contributed by atoms with Crippen LogP contribution < -0.4 is 10.2 Å². The zero-order valence-electron chi connectivity index (χ0n) is 11.6. The Labute approximate surface area is 119 Å². The van der Waals surface area contributed by atoms with Crippen LogP contribution in [0, 0.1) is 0 Å². The van der Waals surface area contributed by atoms with Gasteiger partial charge in [0.1, 0.15) is 12.4 Å². The van der Waals surface area contributed by atoms with E-state index >= 15 is 0 Å². The van der Waals surface area contributed by atoms with Crippen molar-refractivity contribution in [2.75, 3.05) is 19.5 Å². The van der Waals surface area contributed by atoms with Gasteiger partial charge < -0.3 is 9.39 Å². The lowest BCUT2D eigenvalue weighted by Gasteiger charge is -2.14. The minimum absolute atomic E-state index is 0.247. The minimum atomic E-state index is 0.247. The van der Waals surface area contributed by atoms with Gasteiger partial charge in [0, 0.05) is 4.91 Å². The molecule has 0 saturated heterocycles. The smallest absolute Gasteiger partial charge is 0.331 e. The van der Waals surface area contributed by atoms with Crippen LogP contribution in [-0.2, 0) is 11.1 Å². The molecule has 0 spiro atoms. The van der Waals surface area contributed by atoms with Crippen LogP contribution in [0.4, 0.5) is 0 Å². The molecule has 2 aliphatic heterocycles. The van der Waals surface area contributed by atoms with Crippen LogP contribution >= 0.6 is 11.8 Å². The van der Waals surface area contributed by atoms with Gasteiger partial charge in [-0.05, 0) is 54.1 Å². The summed E-state index contributed by atoms with van der Waals surface area (Å²) < 4.78 is 11.7. The van der Waals surface area contributed by atoms with Gasteiger partial charge in [-0.3, -0.25) is 0 Å². The summed E-state index contributed by atoms with van der Waals surface area (Å²) in [7, 11) is 0. The molecule has 0 unspecified atom stereocenters. The molecule has 0 saturated carbocycles. The van der Waals surface area contributed by atoms with E-state index in [0.29, 0.717) is 13.2 Å². The molecule has 19 heavy (non-hydrogen) atoms. The van der Waals surface area contributed by atoms with E-state index in [1.807, 2.05) is 11.8 Å².